The number of ether oxygens (including phenoxy) is 4. The highest BCUT2D eigenvalue weighted by Gasteiger charge is 2.31. The number of fused-ring (bicyclic) bond motifs is 1. The van der Waals surface area contributed by atoms with Gasteiger partial charge >= 0.3 is 18.2 Å². The molecule has 0 amide bonds. The topological polar surface area (TPSA) is 97.9 Å². The van der Waals surface area contributed by atoms with Crippen LogP contribution in [0.2, 0.25) is 0 Å². The predicted molar refractivity (Wildman–Crippen MR) is 107 cm³/mol. The van der Waals surface area contributed by atoms with E-state index in [9.17, 15) is 23.3 Å². The Hall–Kier alpha value is -3.80. The quantitative estimate of drug-likeness (QED) is 0.362. The number of hydrogen-bond donors (Lipinski definition) is 0. The smallest absolute Gasteiger partial charge is 0.489 e. The molecule has 4 rings (SSSR count). The van der Waals surface area contributed by atoms with E-state index in [4.69, 9.17) is 14.2 Å². The lowest BCUT2D eigenvalue weighted by molar-refractivity contribution is -0.389. The van der Waals surface area contributed by atoms with Crippen LogP contribution in [0, 0.1) is 10.1 Å². The third-order valence-corrected chi connectivity index (χ3v) is 4.68. The zero-order chi connectivity index (χ0) is 23.4. The minimum absolute atomic E-state index is 0.181. The summed E-state index contributed by atoms with van der Waals surface area (Å²) in [4.78, 5) is 14.0. The second-order valence-corrected chi connectivity index (χ2v) is 7.16. The minimum atomic E-state index is -4.73. The Kier molecular flexibility index (Phi) is 6.36. The third kappa shape index (κ3) is 6.13. The van der Waals surface area contributed by atoms with Gasteiger partial charge in [0.25, 0.3) is 0 Å². The first-order chi connectivity index (χ1) is 15.7. The van der Waals surface area contributed by atoms with Gasteiger partial charge in [-0.15, -0.1) is 13.2 Å². The average Bonchev–Trinajstić information content (AvgIpc) is 3.21. The van der Waals surface area contributed by atoms with Crippen molar-refractivity contribution in [2.75, 3.05) is 6.61 Å². The van der Waals surface area contributed by atoms with Crippen molar-refractivity contribution in [2.45, 2.75) is 32.2 Å². The van der Waals surface area contributed by atoms with E-state index in [1.807, 2.05) is 12.1 Å². The van der Waals surface area contributed by atoms with Gasteiger partial charge in [-0.3, -0.25) is 4.57 Å². The molecule has 1 aromatic heterocycles. The van der Waals surface area contributed by atoms with Crippen LogP contribution < -0.4 is 14.2 Å². The molecule has 0 saturated heterocycles. The van der Waals surface area contributed by atoms with Gasteiger partial charge in [-0.05, 0) is 40.3 Å². The zero-order valence-corrected chi connectivity index (χ0v) is 17.0. The molecule has 33 heavy (non-hydrogen) atoms. The van der Waals surface area contributed by atoms with Crippen LogP contribution in [0.25, 0.3) is 0 Å². The maximum absolute atomic E-state index is 12.2. The minimum Gasteiger partial charge on any atom is -0.489 e. The number of nitro groups is 1. The van der Waals surface area contributed by atoms with E-state index < -0.39 is 11.3 Å². The van der Waals surface area contributed by atoms with Gasteiger partial charge in [-0.1, -0.05) is 24.3 Å². The summed E-state index contributed by atoms with van der Waals surface area (Å²) >= 11 is 0. The van der Waals surface area contributed by atoms with E-state index in [1.165, 1.54) is 30.5 Å². The van der Waals surface area contributed by atoms with Crippen LogP contribution in [0.4, 0.5) is 19.0 Å². The number of hydrogen-bond acceptors (Lipinski definition) is 7. The normalized spacial score (nSPS) is 15.4. The van der Waals surface area contributed by atoms with Crippen molar-refractivity contribution in [1.29, 1.82) is 0 Å². The summed E-state index contributed by atoms with van der Waals surface area (Å²) in [7, 11) is 0. The highest BCUT2D eigenvalue weighted by atomic mass is 19.4. The van der Waals surface area contributed by atoms with Crippen LogP contribution >= 0.6 is 0 Å². The maximum atomic E-state index is 12.2. The van der Waals surface area contributed by atoms with Crippen molar-refractivity contribution in [1.82, 2.24) is 9.55 Å². The van der Waals surface area contributed by atoms with Crippen LogP contribution in [-0.2, 0) is 24.5 Å². The first-order valence-corrected chi connectivity index (χ1v) is 9.77. The van der Waals surface area contributed by atoms with Crippen molar-refractivity contribution < 1.29 is 37.0 Å². The number of rotatable bonds is 8. The fourth-order valence-corrected chi connectivity index (χ4v) is 3.11. The summed E-state index contributed by atoms with van der Waals surface area (Å²) < 4.78 is 58.9. The molecule has 1 aliphatic rings. The molecule has 1 atom stereocenters. The molecule has 9 nitrogen and oxygen atoms in total. The molecule has 0 aliphatic carbocycles. The molecule has 0 fully saturated rings. The zero-order valence-electron chi connectivity index (χ0n) is 17.0. The molecule has 2 heterocycles. The Morgan fingerprint density at radius 2 is 1.70 bits per heavy atom. The Labute approximate surface area is 185 Å². The summed E-state index contributed by atoms with van der Waals surface area (Å²) in [6.45, 7) is 1.12. The number of alkyl halides is 3. The van der Waals surface area contributed by atoms with Crippen LogP contribution in [-0.4, -0.2) is 33.5 Å². The van der Waals surface area contributed by atoms with E-state index in [-0.39, 0.29) is 36.9 Å². The fraction of sp³-hybridized carbons (Fsp3) is 0.286. The summed E-state index contributed by atoms with van der Waals surface area (Å²) in [5.41, 5.74) is 1.58. The third-order valence-electron chi connectivity index (χ3n) is 4.68. The summed E-state index contributed by atoms with van der Waals surface area (Å²) in [6, 6.07) is 12.8. The molecular weight excluding hydrogens is 447 g/mol. The van der Waals surface area contributed by atoms with Gasteiger partial charge < -0.3 is 29.1 Å². The van der Waals surface area contributed by atoms with Crippen molar-refractivity contribution in [3.63, 3.8) is 0 Å². The first-order valence-electron chi connectivity index (χ1n) is 9.77. The lowest BCUT2D eigenvalue weighted by Gasteiger charge is -2.22. The number of nitrogens with zero attached hydrogens (tertiary/aromatic N) is 3. The van der Waals surface area contributed by atoms with E-state index in [2.05, 4.69) is 9.72 Å². The molecule has 12 heteroatoms. The van der Waals surface area contributed by atoms with Gasteiger partial charge in [-0.2, -0.15) is 0 Å². The molecule has 0 spiro atoms. The second-order valence-electron chi connectivity index (χ2n) is 7.16. The Balaban J connectivity index is 1.24. The van der Waals surface area contributed by atoms with Crippen molar-refractivity contribution in [3.8, 4) is 17.5 Å². The molecule has 0 unspecified atom stereocenters. The highest BCUT2D eigenvalue weighted by molar-refractivity contribution is 5.29. The summed E-state index contributed by atoms with van der Waals surface area (Å²) in [5.74, 6) is 0.0269. The standard InChI is InChI=1S/C21H18F3N3O6/c22-21(23,24)33-17-7-3-15(4-8-17)11-30-16-5-1-14(2-6-16)12-31-18-9-26-10-19(27(28)29)25-20(26)32-13-18/h1-8,10,18H,9,11-13H2/t18-/m0/s1. The SMILES string of the molecule is O=[N+]([O-])c1cn2c(n1)OC[C@@H](OCc1ccc(OCc3ccc(OC(F)(F)F)cc3)cc1)C2. The van der Waals surface area contributed by atoms with Crippen LogP contribution in [0.5, 0.6) is 17.5 Å². The van der Waals surface area contributed by atoms with E-state index >= 15 is 0 Å². The first kappa shape index (κ1) is 22.4. The Bertz CT molecular complexity index is 1100. The Morgan fingerprint density at radius 3 is 2.33 bits per heavy atom. The monoisotopic (exact) mass is 465 g/mol. The predicted octanol–water partition coefficient (Wildman–Crippen LogP) is 4.25. The van der Waals surface area contributed by atoms with Gasteiger partial charge in [0.05, 0.1) is 13.2 Å². The molecule has 0 bridgehead atoms. The summed E-state index contributed by atoms with van der Waals surface area (Å²) in [5, 5.41) is 10.8. The molecular formula is C21H18F3N3O6. The largest absolute Gasteiger partial charge is 0.573 e. The molecule has 1 aliphatic heterocycles. The van der Waals surface area contributed by atoms with Crippen LogP contribution in [0.15, 0.2) is 54.7 Å². The van der Waals surface area contributed by atoms with E-state index in [0.717, 1.165) is 5.56 Å². The van der Waals surface area contributed by atoms with E-state index in [1.54, 1.807) is 16.7 Å². The lowest BCUT2D eigenvalue weighted by Crippen LogP contribution is -2.32. The van der Waals surface area contributed by atoms with Gasteiger partial charge in [-0.25, -0.2) is 0 Å². The van der Waals surface area contributed by atoms with Gasteiger partial charge in [0, 0.05) is 4.98 Å². The molecule has 2 aromatic carbocycles. The summed E-state index contributed by atoms with van der Waals surface area (Å²) in [6.07, 6.45) is -3.70. The lowest BCUT2D eigenvalue weighted by atomic mass is 10.2. The molecule has 174 valence electrons. The number of halogens is 3. The van der Waals surface area contributed by atoms with E-state index in [0.29, 0.717) is 24.5 Å². The number of benzene rings is 2. The van der Waals surface area contributed by atoms with Crippen molar-refractivity contribution in [3.05, 3.63) is 76.0 Å². The van der Waals surface area contributed by atoms with Gasteiger partial charge in [0.1, 0.15) is 37.0 Å². The average molecular weight is 465 g/mol. The van der Waals surface area contributed by atoms with Gasteiger partial charge in [0.2, 0.25) is 0 Å². The van der Waals surface area contributed by atoms with Crippen molar-refractivity contribution >= 4 is 5.82 Å². The number of imidazole rings is 1. The highest BCUT2D eigenvalue weighted by Crippen LogP contribution is 2.24. The second kappa shape index (κ2) is 9.36. The maximum Gasteiger partial charge on any atom is 0.573 e. The van der Waals surface area contributed by atoms with Crippen LogP contribution in [0.3, 0.4) is 0 Å². The molecule has 0 radical (unpaired) electrons. The van der Waals surface area contributed by atoms with Gasteiger partial charge in [0.15, 0.2) is 0 Å². The molecule has 0 N–H and O–H groups in total. The van der Waals surface area contributed by atoms with Crippen molar-refractivity contribution in [2.24, 2.45) is 0 Å². The Morgan fingerprint density at radius 1 is 1.06 bits per heavy atom. The number of aromatic nitrogens is 2. The van der Waals surface area contributed by atoms with Crippen LogP contribution in [0.1, 0.15) is 11.1 Å². The molecule has 3 aromatic rings. The fourth-order valence-electron chi connectivity index (χ4n) is 3.11. The molecule has 0 saturated carbocycles.